The number of hydrogen-bond donors (Lipinski definition) is 3. The zero-order valence-electron chi connectivity index (χ0n) is 9.00. The third-order valence-electron chi connectivity index (χ3n) is 2.56. The van der Waals surface area contributed by atoms with Gasteiger partial charge in [-0.15, -0.1) is 0 Å². The van der Waals surface area contributed by atoms with Crippen LogP contribution in [0.4, 0.5) is 0 Å². The summed E-state index contributed by atoms with van der Waals surface area (Å²) in [6.45, 7) is 2.09. The smallest absolute Gasteiger partial charge is 0.186 e. The highest BCUT2D eigenvalue weighted by Gasteiger charge is 2.31. The Kier molecular flexibility index (Phi) is 5.49. The zero-order chi connectivity index (χ0) is 11.3. The molecule has 0 bridgehead atoms. The lowest BCUT2D eigenvalue weighted by Gasteiger charge is -2.32. The maximum atomic E-state index is 9.71. The average molecular weight is 220 g/mol. The first kappa shape index (κ1) is 12.9. The minimum atomic E-state index is -1.04. The standard InChI is InChI=1S/C10H20O5/c1-2-14-10-9(13)8(12)5-3-4-7(6-11)15-10/h7-13H,2-6H2,1H3. The number of aliphatic hydroxyl groups is 3. The Morgan fingerprint density at radius 2 is 2.07 bits per heavy atom. The van der Waals surface area contributed by atoms with Crippen molar-refractivity contribution < 1.29 is 24.8 Å². The summed E-state index contributed by atoms with van der Waals surface area (Å²) < 4.78 is 10.6. The van der Waals surface area contributed by atoms with Crippen molar-refractivity contribution in [2.75, 3.05) is 13.2 Å². The molecular formula is C10H20O5. The van der Waals surface area contributed by atoms with E-state index in [0.29, 0.717) is 19.4 Å². The van der Waals surface area contributed by atoms with E-state index in [2.05, 4.69) is 0 Å². The van der Waals surface area contributed by atoms with Crippen molar-refractivity contribution in [1.29, 1.82) is 0 Å². The second-order valence-electron chi connectivity index (χ2n) is 3.75. The molecular weight excluding hydrogens is 200 g/mol. The van der Waals surface area contributed by atoms with E-state index in [9.17, 15) is 10.2 Å². The predicted octanol–water partition coefficient (Wildman–Crippen LogP) is -0.368. The quantitative estimate of drug-likeness (QED) is 0.605. The fraction of sp³-hybridized carbons (Fsp3) is 1.00. The van der Waals surface area contributed by atoms with Crippen molar-refractivity contribution in [2.45, 2.75) is 50.8 Å². The number of rotatable bonds is 3. The molecule has 1 saturated heterocycles. The van der Waals surface area contributed by atoms with Crippen LogP contribution in [-0.4, -0.2) is 53.1 Å². The van der Waals surface area contributed by atoms with Gasteiger partial charge in [0.1, 0.15) is 6.10 Å². The zero-order valence-corrected chi connectivity index (χ0v) is 9.00. The van der Waals surface area contributed by atoms with E-state index in [4.69, 9.17) is 14.6 Å². The molecule has 0 spiro atoms. The van der Waals surface area contributed by atoms with Crippen molar-refractivity contribution in [1.82, 2.24) is 0 Å². The minimum absolute atomic E-state index is 0.0909. The van der Waals surface area contributed by atoms with Crippen LogP contribution in [0.5, 0.6) is 0 Å². The van der Waals surface area contributed by atoms with Crippen molar-refractivity contribution in [3.63, 3.8) is 0 Å². The molecule has 0 aliphatic carbocycles. The summed E-state index contributed by atoms with van der Waals surface area (Å²) >= 11 is 0. The van der Waals surface area contributed by atoms with Crippen LogP contribution in [0.2, 0.25) is 0 Å². The van der Waals surface area contributed by atoms with E-state index in [0.717, 1.165) is 6.42 Å². The normalized spacial score (nSPS) is 38.4. The molecule has 90 valence electrons. The maximum Gasteiger partial charge on any atom is 0.186 e. The van der Waals surface area contributed by atoms with E-state index in [1.165, 1.54) is 0 Å². The molecule has 1 aliphatic heterocycles. The second kappa shape index (κ2) is 6.40. The Balaban J connectivity index is 2.58. The molecule has 1 rings (SSSR count). The van der Waals surface area contributed by atoms with Gasteiger partial charge in [0.15, 0.2) is 6.29 Å². The van der Waals surface area contributed by atoms with Crippen LogP contribution in [0.15, 0.2) is 0 Å². The molecule has 4 atom stereocenters. The van der Waals surface area contributed by atoms with Gasteiger partial charge in [0.2, 0.25) is 0 Å². The van der Waals surface area contributed by atoms with E-state index in [1.807, 2.05) is 0 Å². The van der Waals surface area contributed by atoms with Gasteiger partial charge in [-0.05, 0) is 26.2 Å². The summed E-state index contributed by atoms with van der Waals surface area (Å²) in [5.74, 6) is 0. The highest BCUT2D eigenvalue weighted by atomic mass is 16.7. The van der Waals surface area contributed by atoms with Crippen molar-refractivity contribution in [2.24, 2.45) is 0 Å². The van der Waals surface area contributed by atoms with Crippen molar-refractivity contribution in [3.8, 4) is 0 Å². The van der Waals surface area contributed by atoms with Crippen LogP contribution in [0.25, 0.3) is 0 Å². The number of hydrogen-bond acceptors (Lipinski definition) is 5. The molecule has 1 aliphatic rings. The first-order valence-electron chi connectivity index (χ1n) is 5.43. The van der Waals surface area contributed by atoms with Gasteiger partial charge in [-0.3, -0.25) is 0 Å². The molecule has 1 fully saturated rings. The Morgan fingerprint density at radius 3 is 2.67 bits per heavy atom. The largest absolute Gasteiger partial charge is 0.394 e. The summed E-state index contributed by atoms with van der Waals surface area (Å²) in [6.07, 6.45) is -1.12. The van der Waals surface area contributed by atoms with Crippen LogP contribution < -0.4 is 0 Å². The van der Waals surface area contributed by atoms with E-state index in [1.54, 1.807) is 6.92 Å². The van der Waals surface area contributed by atoms with Crippen molar-refractivity contribution in [3.05, 3.63) is 0 Å². The first-order chi connectivity index (χ1) is 7.19. The third-order valence-corrected chi connectivity index (χ3v) is 2.56. The Hall–Kier alpha value is -0.200. The second-order valence-corrected chi connectivity index (χ2v) is 3.75. The number of aliphatic hydroxyl groups excluding tert-OH is 3. The van der Waals surface area contributed by atoms with Gasteiger partial charge < -0.3 is 24.8 Å². The van der Waals surface area contributed by atoms with Crippen LogP contribution in [-0.2, 0) is 9.47 Å². The summed E-state index contributed by atoms with van der Waals surface area (Å²) in [4.78, 5) is 0. The summed E-state index contributed by atoms with van der Waals surface area (Å²) in [5, 5.41) is 28.3. The number of ether oxygens (including phenoxy) is 2. The molecule has 5 heteroatoms. The van der Waals surface area contributed by atoms with Gasteiger partial charge in [-0.2, -0.15) is 0 Å². The van der Waals surface area contributed by atoms with Gasteiger partial charge in [-0.25, -0.2) is 0 Å². The fourth-order valence-corrected chi connectivity index (χ4v) is 1.68. The summed E-state index contributed by atoms with van der Waals surface area (Å²) in [7, 11) is 0. The van der Waals surface area contributed by atoms with Crippen LogP contribution in [0, 0.1) is 0 Å². The molecule has 0 aromatic carbocycles. The Labute approximate surface area is 89.6 Å². The van der Waals surface area contributed by atoms with Crippen LogP contribution in [0.3, 0.4) is 0 Å². The molecule has 15 heavy (non-hydrogen) atoms. The Bertz CT molecular complexity index is 175. The predicted molar refractivity (Wildman–Crippen MR) is 53.2 cm³/mol. The SMILES string of the molecule is CCOC1OC(CO)CCCC(O)C1O. The van der Waals surface area contributed by atoms with Gasteiger partial charge in [-0.1, -0.05) is 0 Å². The molecule has 0 radical (unpaired) electrons. The van der Waals surface area contributed by atoms with Gasteiger partial charge in [0.25, 0.3) is 0 Å². The Morgan fingerprint density at radius 1 is 1.33 bits per heavy atom. The topological polar surface area (TPSA) is 79.2 Å². The molecule has 0 aromatic heterocycles. The van der Waals surface area contributed by atoms with E-state index in [-0.39, 0.29) is 12.7 Å². The molecule has 5 nitrogen and oxygen atoms in total. The molecule has 3 N–H and O–H groups in total. The highest BCUT2D eigenvalue weighted by Crippen LogP contribution is 2.19. The van der Waals surface area contributed by atoms with Gasteiger partial charge in [0.05, 0.1) is 18.8 Å². The first-order valence-corrected chi connectivity index (χ1v) is 5.43. The lowest BCUT2D eigenvalue weighted by atomic mass is 10.0. The highest BCUT2D eigenvalue weighted by molar-refractivity contribution is 4.76. The average Bonchev–Trinajstić information content (AvgIpc) is 2.23. The summed E-state index contributed by atoms with van der Waals surface area (Å²) in [6, 6.07) is 0. The van der Waals surface area contributed by atoms with Gasteiger partial charge in [0, 0.05) is 6.61 Å². The molecule has 0 aromatic rings. The lowest BCUT2D eigenvalue weighted by Crippen LogP contribution is -2.45. The molecule has 4 unspecified atom stereocenters. The van der Waals surface area contributed by atoms with E-state index < -0.39 is 18.5 Å². The van der Waals surface area contributed by atoms with E-state index >= 15 is 0 Å². The molecule has 0 saturated carbocycles. The monoisotopic (exact) mass is 220 g/mol. The molecule has 0 amide bonds. The third kappa shape index (κ3) is 3.70. The van der Waals surface area contributed by atoms with Crippen LogP contribution >= 0.6 is 0 Å². The fourth-order valence-electron chi connectivity index (χ4n) is 1.68. The lowest BCUT2D eigenvalue weighted by molar-refractivity contribution is -0.244. The van der Waals surface area contributed by atoms with Gasteiger partial charge >= 0.3 is 0 Å². The molecule has 1 heterocycles. The minimum Gasteiger partial charge on any atom is -0.394 e. The van der Waals surface area contributed by atoms with Crippen LogP contribution in [0.1, 0.15) is 26.2 Å². The summed E-state index contributed by atoms with van der Waals surface area (Å²) in [5.41, 5.74) is 0. The van der Waals surface area contributed by atoms with Crippen molar-refractivity contribution >= 4 is 0 Å². The maximum absolute atomic E-state index is 9.71.